The maximum absolute atomic E-state index is 11.6. The molecule has 3 rings (SSSR count). The number of carbonyl (C=O) groups is 1. The van der Waals surface area contributed by atoms with Crippen molar-refractivity contribution in [1.29, 1.82) is 0 Å². The van der Waals surface area contributed by atoms with Gasteiger partial charge in [0.15, 0.2) is 0 Å². The Morgan fingerprint density at radius 2 is 2.35 bits per heavy atom. The molecule has 1 aliphatic carbocycles. The lowest BCUT2D eigenvalue weighted by atomic mass is 9.97. The smallest absolute Gasteiger partial charge is 0.323 e. The number of aliphatic carboxylic acids is 1. The maximum atomic E-state index is 11.6. The molecule has 2 atom stereocenters. The number of nitrogens with zero attached hydrogens (tertiary/aromatic N) is 2. The first-order valence-corrected chi connectivity index (χ1v) is 7.06. The van der Waals surface area contributed by atoms with E-state index in [-0.39, 0.29) is 6.04 Å². The molecule has 0 bridgehead atoms. The van der Waals surface area contributed by atoms with Gasteiger partial charge in [0, 0.05) is 6.04 Å². The summed E-state index contributed by atoms with van der Waals surface area (Å²) in [6.07, 6.45) is 3.96. The normalized spacial score (nSPS) is 26.1. The molecule has 0 spiro atoms. The van der Waals surface area contributed by atoms with Gasteiger partial charge in [0.1, 0.15) is 5.54 Å². The van der Waals surface area contributed by atoms with Crippen LogP contribution in [-0.2, 0) is 4.79 Å². The molecule has 0 radical (unpaired) electrons. The summed E-state index contributed by atoms with van der Waals surface area (Å²) in [5.74, 6) is -0.744. The first-order chi connectivity index (χ1) is 9.66. The lowest BCUT2D eigenvalue weighted by Gasteiger charge is -2.25. The van der Waals surface area contributed by atoms with Crippen molar-refractivity contribution < 1.29 is 9.90 Å². The van der Waals surface area contributed by atoms with Gasteiger partial charge < -0.3 is 15.0 Å². The van der Waals surface area contributed by atoms with E-state index >= 15 is 0 Å². The van der Waals surface area contributed by atoms with Crippen molar-refractivity contribution in [2.24, 2.45) is 0 Å². The Hall–Kier alpha value is -1.88. The number of benzene rings is 1. The van der Waals surface area contributed by atoms with E-state index in [1.54, 1.807) is 0 Å². The number of hydrogen-bond acceptors (Lipinski definition) is 3. The predicted molar refractivity (Wildman–Crippen MR) is 76.7 cm³/mol. The van der Waals surface area contributed by atoms with E-state index in [9.17, 15) is 9.90 Å². The molecule has 1 saturated carbocycles. The van der Waals surface area contributed by atoms with Crippen LogP contribution < -0.4 is 5.32 Å². The highest BCUT2D eigenvalue weighted by molar-refractivity contribution is 5.80. The van der Waals surface area contributed by atoms with Gasteiger partial charge >= 0.3 is 5.97 Å². The molecule has 1 heterocycles. The third-order valence-corrected chi connectivity index (χ3v) is 4.29. The summed E-state index contributed by atoms with van der Waals surface area (Å²) in [7, 11) is 0. The molecule has 2 N–H and O–H groups in total. The van der Waals surface area contributed by atoms with Crippen LogP contribution in [0.2, 0.25) is 0 Å². The number of carboxylic acid groups (broad SMARTS) is 1. The minimum atomic E-state index is -0.787. The van der Waals surface area contributed by atoms with Gasteiger partial charge in [0.05, 0.1) is 17.4 Å². The number of fused-ring (bicyclic) bond motifs is 1. The second-order valence-corrected chi connectivity index (χ2v) is 5.45. The van der Waals surface area contributed by atoms with E-state index in [1.807, 2.05) is 37.5 Å². The molecule has 1 aromatic heterocycles. The molecule has 1 aromatic carbocycles. The standard InChI is InChI=1S/C15H19N3O2/c1-2-17-15(14(19)20)8-7-11(9-15)18-10-16-12-5-3-4-6-13(12)18/h3-6,10-11,17H,2,7-9H2,1H3,(H,19,20). The molecule has 106 valence electrons. The largest absolute Gasteiger partial charge is 0.480 e. The highest BCUT2D eigenvalue weighted by atomic mass is 16.4. The van der Waals surface area contributed by atoms with Gasteiger partial charge in [0.2, 0.25) is 0 Å². The van der Waals surface area contributed by atoms with Crippen LogP contribution in [0.25, 0.3) is 11.0 Å². The van der Waals surface area contributed by atoms with Gasteiger partial charge in [-0.15, -0.1) is 0 Å². The fourth-order valence-electron chi connectivity index (χ4n) is 3.29. The van der Waals surface area contributed by atoms with Gasteiger partial charge in [-0.1, -0.05) is 19.1 Å². The molecule has 1 fully saturated rings. The third kappa shape index (κ3) is 1.98. The van der Waals surface area contributed by atoms with E-state index in [0.29, 0.717) is 19.4 Å². The summed E-state index contributed by atoms with van der Waals surface area (Å²) < 4.78 is 2.12. The van der Waals surface area contributed by atoms with E-state index < -0.39 is 11.5 Å². The molecular formula is C15H19N3O2. The van der Waals surface area contributed by atoms with Crippen LogP contribution in [0.1, 0.15) is 32.2 Å². The molecule has 1 aliphatic rings. The Balaban J connectivity index is 1.92. The van der Waals surface area contributed by atoms with Crippen molar-refractivity contribution >= 4 is 17.0 Å². The Bertz CT molecular complexity index is 637. The van der Waals surface area contributed by atoms with E-state index in [4.69, 9.17) is 0 Å². The number of para-hydroxylation sites is 2. The summed E-state index contributed by atoms with van der Waals surface area (Å²) in [6, 6.07) is 8.17. The average molecular weight is 273 g/mol. The van der Waals surface area contributed by atoms with Crippen molar-refractivity contribution in [3.63, 3.8) is 0 Å². The third-order valence-electron chi connectivity index (χ3n) is 4.29. The summed E-state index contributed by atoms with van der Waals surface area (Å²) in [5, 5.41) is 12.7. The maximum Gasteiger partial charge on any atom is 0.323 e. The van der Waals surface area contributed by atoms with E-state index in [1.165, 1.54) is 0 Å². The number of aromatic nitrogens is 2. The second kappa shape index (κ2) is 4.90. The SMILES string of the molecule is CCNC1(C(=O)O)CCC(n2cnc3ccccc32)C1. The number of carboxylic acids is 1. The summed E-state index contributed by atoms with van der Waals surface area (Å²) >= 11 is 0. The number of imidazole rings is 1. The number of hydrogen-bond donors (Lipinski definition) is 2. The molecule has 20 heavy (non-hydrogen) atoms. The van der Waals surface area contributed by atoms with Crippen LogP contribution in [0.3, 0.4) is 0 Å². The molecule has 5 heteroatoms. The zero-order chi connectivity index (χ0) is 14.2. The molecule has 0 amide bonds. The first kappa shape index (κ1) is 13.1. The second-order valence-electron chi connectivity index (χ2n) is 5.45. The average Bonchev–Trinajstić information content (AvgIpc) is 3.03. The number of nitrogens with one attached hydrogen (secondary N) is 1. The topological polar surface area (TPSA) is 67.2 Å². The summed E-state index contributed by atoms with van der Waals surface area (Å²) in [4.78, 5) is 16.0. The first-order valence-electron chi connectivity index (χ1n) is 7.06. The quantitative estimate of drug-likeness (QED) is 0.896. The molecule has 2 aromatic rings. The van der Waals surface area contributed by atoms with Gasteiger partial charge in [-0.3, -0.25) is 4.79 Å². The molecule has 0 aliphatic heterocycles. The number of likely N-dealkylation sites (N-methyl/N-ethyl adjacent to an activating group) is 1. The Morgan fingerprint density at radius 1 is 1.55 bits per heavy atom. The van der Waals surface area contributed by atoms with Gasteiger partial charge in [-0.2, -0.15) is 0 Å². The summed E-state index contributed by atoms with van der Waals surface area (Å²) in [5.41, 5.74) is 1.25. The van der Waals surface area contributed by atoms with E-state index in [2.05, 4.69) is 14.9 Å². The van der Waals surface area contributed by atoms with E-state index in [0.717, 1.165) is 17.5 Å². The van der Waals surface area contributed by atoms with Crippen LogP contribution in [0.4, 0.5) is 0 Å². The molecule has 5 nitrogen and oxygen atoms in total. The van der Waals surface area contributed by atoms with Crippen molar-refractivity contribution in [3.05, 3.63) is 30.6 Å². The fraction of sp³-hybridized carbons (Fsp3) is 0.467. The van der Waals surface area contributed by atoms with Gasteiger partial charge in [-0.25, -0.2) is 4.98 Å². The van der Waals surface area contributed by atoms with Crippen molar-refractivity contribution in [3.8, 4) is 0 Å². The van der Waals surface area contributed by atoms with Gasteiger partial charge in [-0.05, 0) is 37.9 Å². The summed E-state index contributed by atoms with van der Waals surface area (Å²) in [6.45, 7) is 2.62. The van der Waals surface area contributed by atoms with Crippen LogP contribution >= 0.6 is 0 Å². The van der Waals surface area contributed by atoms with Crippen molar-refractivity contribution in [2.45, 2.75) is 37.8 Å². The van der Waals surface area contributed by atoms with Crippen molar-refractivity contribution in [2.75, 3.05) is 6.54 Å². The lowest BCUT2D eigenvalue weighted by Crippen LogP contribution is -2.50. The Morgan fingerprint density at radius 3 is 3.10 bits per heavy atom. The van der Waals surface area contributed by atoms with Crippen LogP contribution in [0.15, 0.2) is 30.6 Å². The highest BCUT2D eigenvalue weighted by Gasteiger charge is 2.45. The molecule has 2 unspecified atom stereocenters. The Kier molecular flexibility index (Phi) is 3.22. The predicted octanol–water partition coefficient (Wildman–Crippen LogP) is 2.19. The zero-order valence-electron chi connectivity index (χ0n) is 11.5. The van der Waals surface area contributed by atoms with Crippen LogP contribution in [0.5, 0.6) is 0 Å². The number of rotatable bonds is 4. The van der Waals surface area contributed by atoms with Crippen LogP contribution in [0, 0.1) is 0 Å². The molecular weight excluding hydrogens is 254 g/mol. The lowest BCUT2D eigenvalue weighted by molar-refractivity contribution is -0.144. The minimum Gasteiger partial charge on any atom is -0.480 e. The Labute approximate surface area is 117 Å². The zero-order valence-corrected chi connectivity index (χ0v) is 11.5. The van der Waals surface area contributed by atoms with Crippen molar-refractivity contribution in [1.82, 2.24) is 14.9 Å². The highest BCUT2D eigenvalue weighted by Crippen LogP contribution is 2.39. The molecule has 0 saturated heterocycles. The fourth-order valence-corrected chi connectivity index (χ4v) is 3.29. The van der Waals surface area contributed by atoms with Crippen LogP contribution in [-0.4, -0.2) is 32.7 Å². The monoisotopic (exact) mass is 273 g/mol. The minimum absolute atomic E-state index is 0.192. The van der Waals surface area contributed by atoms with Gasteiger partial charge in [0.25, 0.3) is 0 Å².